The standard InChI is InChI=1S/C22H37NO6/c1-15(2)18(25)27-12-10-11-17(24)28-16-13-21(6,7)23(22(8,9)14-16)19(26)29-20(3,4)5/h16H,1,10-14H2,2-9H3. The van der Waals surface area contributed by atoms with Gasteiger partial charge in [0.15, 0.2) is 0 Å². The summed E-state index contributed by atoms with van der Waals surface area (Å²) in [5.41, 5.74) is -1.33. The Labute approximate surface area is 174 Å². The largest absolute Gasteiger partial charge is 0.462 e. The molecule has 1 amide bonds. The first-order valence-corrected chi connectivity index (χ1v) is 10.1. The number of ether oxygens (including phenoxy) is 3. The Balaban J connectivity index is 2.65. The summed E-state index contributed by atoms with van der Waals surface area (Å²) in [4.78, 5) is 38.1. The SMILES string of the molecule is C=C(C)C(=O)OCCCC(=O)OC1CC(C)(C)N(C(=O)OC(C)(C)C)C(C)(C)C1. The molecule has 0 unspecified atom stereocenters. The Hall–Kier alpha value is -2.05. The summed E-state index contributed by atoms with van der Waals surface area (Å²) in [7, 11) is 0. The monoisotopic (exact) mass is 411 g/mol. The molecule has 1 fully saturated rings. The first-order chi connectivity index (χ1) is 13.0. The van der Waals surface area contributed by atoms with Gasteiger partial charge in [-0.1, -0.05) is 6.58 Å². The lowest BCUT2D eigenvalue weighted by atomic mass is 9.78. The zero-order valence-electron chi connectivity index (χ0n) is 19.2. The highest BCUT2D eigenvalue weighted by Gasteiger charge is 2.50. The van der Waals surface area contributed by atoms with Crippen LogP contribution in [0.25, 0.3) is 0 Å². The molecule has 29 heavy (non-hydrogen) atoms. The van der Waals surface area contributed by atoms with E-state index >= 15 is 0 Å². The zero-order chi connectivity index (χ0) is 22.6. The van der Waals surface area contributed by atoms with Gasteiger partial charge in [0.05, 0.1) is 6.61 Å². The topological polar surface area (TPSA) is 82.1 Å². The van der Waals surface area contributed by atoms with Gasteiger partial charge in [-0.25, -0.2) is 9.59 Å². The van der Waals surface area contributed by atoms with Crippen molar-refractivity contribution in [2.24, 2.45) is 0 Å². The third kappa shape index (κ3) is 7.71. The lowest BCUT2D eigenvalue weighted by Gasteiger charge is -2.54. The molecule has 0 aromatic carbocycles. The predicted molar refractivity (Wildman–Crippen MR) is 110 cm³/mol. The summed E-state index contributed by atoms with van der Waals surface area (Å²) in [6, 6.07) is 0. The van der Waals surface area contributed by atoms with Gasteiger partial charge in [-0.3, -0.25) is 9.69 Å². The lowest BCUT2D eigenvalue weighted by molar-refractivity contribution is -0.159. The average Bonchev–Trinajstić information content (AvgIpc) is 2.46. The highest BCUT2D eigenvalue weighted by atomic mass is 16.6. The van der Waals surface area contributed by atoms with Crippen LogP contribution in [0.3, 0.4) is 0 Å². The van der Waals surface area contributed by atoms with Gasteiger partial charge in [0.1, 0.15) is 11.7 Å². The minimum atomic E-state index is -0.583. The molecule has 7 heteroatoms. The van der Waals surface area contributed by atoms with Crippen LogP contribution in [-0.2, 0) is 23.8 Å². The molecule has 1 rings (SSSR count). The van der Waals surface area contributed by atoms with Crippen LogP contribution < -0.4 is 0 Å². The van der Waals surface area contributed by atoms with Crippen LogP contribution in [0.15, 0.2) is 12.2 Å². The molecular formula is C22H37NO6. The van der Waals surface area contributed by atoms with Crippen molar-refractivity contribution in [3.05, 3.63) is 12.2 Å². The minimum Gasteiger partial charge on any atom is -0.462 e. The van der Waals surface area contributed by atoms with Crippen molar-refractivity contribution in [3.63, 3.8) is 0 Å². The third-order valence-corrected chi connectivity index (χ3v) is 4.65. The number of hydrogen-bond acceptors (Lipinski definition) is 6. The molecule has 0 radical (unpaired) electrons. The maximum absolute atomic E-state index is 12.8. The minimum absolute atomic E-state index is 0.148. The van der Waals surface area contributed by atoms with Gasteiger partial charge in [-0.2, -0.15) is 0 Å². The Bertz CT molecular complexity index is 626. The molecular weight excluding hydrogens is 374 g/mol. The quantitative estimate of drug-likeness (QED) is 0.279. The molecule has 1 heterocycles. The fraction of sp³-hybridized carbons (Fsp3) is 0.773. The number of rotatable bonds is 6. The molecule has 0 aromatic heterocycles. The number of nitrogens with zero attached hydrogens (tertiary/aromatic N) is 1. The second-order valence-electron chi connectivity index (χ2n) is 9.98. The van der Waals surface area contributed by atoms with Crippen molar-refractivity contribution in [1.29, 1.82) is 0 Å². The molecule has 7 nitrogen and oxygen atoms in total. The van der Waals surface area contributed by atoms with Gasteiger partial charge in [0, 0.05) is 35.9 Å². The van der Waals surface area contributed by atoms with E-state index in [0.29, 0.717) is 24.8 Å². The van der Waals surface area contributed by atoms with Crippen molar-refractivity contribution in [3.8, 4) is 0 Å². The van der Waals surface area contributed by atoms with Crippen molar-refractivity contribution >= 4 is 18.0 Å². The van der Waals surface area contributed by atoms with Gasteiger partial charge >= 0.3 is 18.0 Å². The van der Waals surface area contributed by atoms with Crippen LogP contribution in [0.4, 0.5) is 4.79 Å². The van der Waals surface area contributed by atoms with Crippen molar-refractivity contribution in [2.75, 3.05) is 6.61 Å². The number of amides is 1. The van der Waals surface area contributed by atoms with Crippen molar-refractivity contribution < 1.29 is 28.6 Å². The molecule has 0 atom stereocenters. The van der Waals surface area contributed by atoms with E-state index in [4.69, 9.17) is 14.2 Å². The second-order valence-corrected chi connectivity index (χ2v) is 9.98. The first-order valence-electron chi connectivity index (χ1n) is 10.1. The number of piperidine rings is 1. The third-order valence-electron chi connectivity index (χ3n) is 4.65. The predicted octanol–water partition coefficient (Wildman–Crippen LogP) is 4.39. The lowest BCUT2D eigenvalue weighted by Crippen LogP contribution is -2.64. The van der Waals surface area contributed by atoms with E-state index in [2.05, 4.69) is 6.58 Å². The molecule has 0 aromatic rings. The molecule has 166 valence electrons. The van der Waals surface area contributed by atoms with Gasteiger partial charge < -0.3 is 14.2 Å². The van der Waals surface area contributed by atoms with E-state index in [1.54, 1.807) is 11.8 Å². The molecule has 0 bridgehead atoms. The number of likely N-dealkylation sites (tertiary alicyclic amines) is 1. The number of carbonyl (C=O) groups excluding carboxylic acids is 3. The van der Waals surface area contributed by atoms with E-state index in [1.165, 1.54) is 0 Å². The molecule has 1 aliphatic heterocycles. The number of esters is 2. The molecule has 0 saturated carbocycles. The Morgan fingerprint density at radius 3 is 2.03 bits per heavy atom. The van der Waals surface area contributed by atoms with E-state index in [9.17, 15) is 14.4 Å². The number of carbonyl (C=O) groups is 3. The Kier molecular flexibility index (Phi) is 7.91. The second kappa shape index (κ2) is 9.18. The fourth-order valence-corrected chi connectivity index (χ4v) is 3.82. The summed E-state index contributed by atoms with van der Waals surface area (Å²) >= 11 is 0. The van der Waals surface area contributed by atoms with Crippen LogP contribution in [0, 0.1) is 0 Å². The van der Waals surface area contributed by atoms with Gasteiger partial charge in [0.2, 0.25) is 0 Å². The maximum atomic E-state index is 12.8. The normalized spacial score (nSPS) is 18.7. The van der Waals surface area contributed by atoms with Crippen LogP contribution in [0.1, 0.15) is 81.1 Å². The zero-order valence-corrected chi connectivity index (χ0v) is 19.2. The Morgan fingerprint density at radius 2 is 1.59 bits per heavy atom. The van der Waals surface area contributed by atoms with Crippen molar-refractivity contribution in [2.45, 2.75) is 104 Å². The first kappa shape index (κ1) is 25.0. The van der Waals surface area contributed by atoms with E-state index in [0.717, 1.165) is 0 Å². The van der Waals surface area contributed by atoms with Crippen molar-refractivity contribution in [1.82, 2.24) is 4.90 Å². The molecule has 0 spiro atoms. The van der Waals surface area contributed by atoms with Gasteiger partial charge in [-0.05, 0) is 61.8 Å². The summed E-state index contributed by atoms with van der Waals surface area (Å²) < 4.78 is 16.3. The summed E-state index contributed by atoms with van der Waals surface area (Å²) in [5.74, 6) is -0.796. The van der Waals surface area contributed by atoms with E-state index < -0.39 is 22.6 Å². The van der Waals surface area contributed by atoms with Crippen LogP contribution in [0.5, 0.6) is 0 Å². The molecule has 1 aliphatic rings. The van der Waals surface area contributed by atoms with Crippen LogP contribution in [0.2, 0.25) is 0 Å². The highest BCUT2D eigenvalue weighted by Crippen LogP contribution is 2.40. The maximum Gasteiger partial charge on any atom is 0.411 e. The average molecular weight is 412 g/mol. The van der Waals surface area contributed by atoms with Crippen LogP contribution >= 0.6 is 0 Å². The fourth-order valence-electron chi connectivity index (χ4n) is 3.82. The van der Waals surface area contributed by atoms with Gasteiger partial charge in [0.25, 0.3) is 0 Å². The Morgan fingerprint density at radius 1 is 1.07 bits per heavy atom. The molecule has 0 aliphatic carbocycles. The highest BCUT2D eigenvalue weighted by molar-refractivity contribution is 5.86. The summed E-state index contributed by atoms with van der Waals surface area (Å²) in [6.07, 6.45) is 0.927. The van der Waals surface area contributed by atoms with E-state index in [1.807, 2.05) is 48.5 Å². The van der Waals surface area contributed by atoms with Crippen LogP contribution in [-0.4, -0.2) is 52.3 Å². The summed E-state index contributed by atoms with van der Waals surface area (Å²) in [6.45, 7) is 18.6. The number of hydrogen-bond donors (Lipinski definition) is 0. The van der Waals surface area contributed by atoms with Gasteiger partial charge in [-0.15, -0.1) is 0 Å². The van der Waals surface area contributed by atoms with E-state index in [-0.39, 0.29) is 31.2 Å². The molecule has 0 N–H and O–H groups in total. The summed E-state index contributed by atoms with van der Waals surface area (Å²) in [5, 5.41) is 0. The smallest absolute Gasteiger partial charge is 0.411 e. The molecule has 1 saturated heterocycles.